The predicted molar refractivity (Wildman–Crippen MR) is 121 cm³/mol. The molecule has 1 aliphatic heterocycles. The minimum Gasteiger partial charge on any atom is -0.361 e. The topological polar surface area (TPSA) is 73.2 Å². The van der Waals surface area contributed by atoms with Crippen molar-refractivity contribution >= 4 is 52.6 Å². The van der Waals surface area contributed by atoms with Gasteiger partial charge in [-0.2, -0.15) is 0 Å². The van der Waals surface area contributed by atoms with Gasteiger partial charge in [0, 0.05) is 37.0 Å². The summed E-state index contributed by atoms with van der Waals surface area (Å²) in [4.78, 5) is 30.0. The maximum atomic E-state index is 12.8. The van der Waals surface area contributed by atoms with Crippen LogP contribution in [0.25, 0.3) is 32.7 Å². The Kier molecular flexibility index (Phi) is 4.27. The third kappa shape index (κ3) is 2.85. The number of ether oxygens (including phenoxy) is 1. The first-order chi connectivity index (χ1) is 14.4. The SMILES string of the molecule is C[Si](C)(C)CCOCn1c2ccccc2c2c3c(c4cccnc4c21)C(=O)NC3=O. The molecule has 7 heteroatoms. The highest BCUT2D eigenvalue weighted by atomic mass is 28.3. The molecule has 5 rings (SSSR count). The molecule has 0 fully saturated rings. The largest absolute Gasteiger partial charge is 0.361 e. The van der Waals surface area contributed by atoms with Crippen LogP contribution in [0.2, 0.25) is 25.7 Å². The predicted octanol–water partition coefficient (Wildman–Crippen LogP) is 4.54. The fraction of sp³-hybridized carbons (Fsp3) is 0.261. The first-order valence-corrected chi connectivity index (χ1v) is 13.8. The Bertz CT molecular complexity index is 1350. The van der Waals surface area contributed by atoms with Gasteiger partial charge in [-0.25, -0.2) is 0 Å². The number of pyridine rings is 1. The lowest BCUT2D eigenvalue weighted by atomic mass is 9.97. The van der Waals surface area contributed by atoms with Gasteiger partial charge < -0.3 is 9.30 Å². The minimum atomic E-state index is -1.20. The molecule has 0 saturated carbocycles. The number of rotatable bonds is 5. The summed E-state index contributed by atoms with van der Waals surface area (Å²) in [5.74, 6) is -0.716. The minimum absolute atomic E-state index is 0.353. The quantitative estimate of drug-likeness (QED) is 0.294. The van der Waals surface area contributed by atoms with Gasteiger partial charge in [-0.05, 0) is 18.2 Å². The van der Waals surface area contributed by atoms with Gasteiger partial charge in [-0.1, -0.05) is 43.9 Å². The molecule has 0 saturated heterocycles. The molecule has 30 heavy (non-hydrogen) atoms. The molecule has 6 nitrogen and oxygen atoms in total. The summed E-state index contributed by atoms with van der Waals surface area (Å²) in [6.45, 7) is 8.04. The van der Waals surface area contributed by atoms with E-state index in [1.165, 1.54) is 0 Å². The van der Waals surface area contributed by atoms with Crippen molar-refractivity contribution in [3.8, 4) is 0 Å². The Morgan fingerprint density at radius 2 is 1.73 bits per heavy atom. The molecule has 0 bridgehead atoms. The van der Waals surface area contributed by atoms with Gasteiger partial charge in [0.1, 0.15) is 6.73 Å². The van der Waals surface area contributed by atoms with E-state index in [9.17, 15) is 9.59 Å². The van der Waals surface area contributed by atoms with Crippen molar-refractivity contribution in [3.05, 3.63) is 53.7 Å². The lowest BCUT2D eigenvalue weighted by Crippen LogP contribution is -2.22. The van der Waals surface area contributed by atoms with E-state index in [1.54, 1.807) is 12.3 Å². The van der Waals surface area contributed by atoms with Gasteiger partial charge >= 0.3 is 0 Å². The zero-order valence-electron chi connectivity index (χ0n) is 17.3. The number of nitrogens with one attached hydrogen (secondary N) is 1. The number of amides is 2. The maximum Gasteiger partial charge on any atom is 0.259 e. The smallest absolute Gasteiger partial charge is 0.259 e. The van der Waals surface area contributed by atoms with E-state index in [2.05, 4.69) is 34.5 Å². The zero-order chi connectivity index (χ0) is 21.0. The number of nitrogens with zero attached hydrogens (tertiary/aromatic N) is 2. The molecule has 0 spiro atoms. The number of benzene rings is 2. The molecule has 2 amide bonds. The first-order valence-electron chi connectivity index (χ1n) is 10.1. The number of aromatic nitrogens is 2. The Labute approximate surface area is 174 Å². The number of fused-ring (bicyclic) bond motifs is 8. The average molecular weight is 418 g/mol. The van der Waals surface area contributed by atoms with Crippen LogP contribution in [0.3, 0.4) is 0 Å². The third-order valence-electron chi connectivity index (χ3n) is 5.67. The van der Waals surface area contributed by atoms with E-state index >= 15 is 0 Å². The van der Waals surface area contributed by atoms with Crippen LogP contribution in [0.5, 0.6) is 0 Å². The summed E-state index contributed by atoms with van der Waals surface area (Å²) in [5.41, 5.74) is 3.36. The first kappa shape index (κ1) is 19.0. The highest BCUT2D eigenvalue weighted by Gasteiger charge is 2.34. The van der Waals surface area contributed by atoms with Crippen molar-refractivity contribution in [1.29, 1.82) is 0 Å². The van der Waals surface area contributed by atoms with Gasteiger partial charge in [-0.3, -0.25) is 19.9 Å². The summed E-state index contributed by atoms with van der Waals surface area (Å²) in [6, 6.07) is 12.7. The number of para-hydroxylation sites is 1. The molecular formula is C23H23N3O3Si. The van der Waals surface area contributed by atoms with Crippen LogP contribution in [-0.4, -0.2) is 36.0 Å². The summed E-state index contributed by atoms with van der Waals surface area (Å²) in [5, 5.41) is 4.85. The molecule has 1 aliphatic rings. The second-order valence-electron chi connectivity index (χ2n) is 8.95. The van der Waals surface area contributed by atoms with Crippen molar-refractivity contribution in [3.63, 3.8) is 0 Å². The molecule has 1 N–H and O–H groups in total. The van der Waals surface area contributed by atoms with Crippen LogP contribution in [0.1, 0.15) is 20.7 Å². The van der Waals surface area contributed by atoms with Crippen molar-refractivity contribution in [2.75, 3.05) is 6.61 Å². The summed E-state index contributed by atoms with van der Waals surface area (Å²) < 4.78 is 8.17. The van der Waals surface area contributed by atoms with Gasteiger partial charge in [0.05, 0.1) is 27.7 Å². The molecule has 3 heterocycles. The monoisotopic (exact) mass is 417 g/mol. The van der Waals surface area contributed by atoms with E-state index in [-0.39, 0.29) is 11.8 Å². The van der Waals surface area contributed by atoms with Gasteiger partial charge in [0.15, 0.2) is 0 Å². The van der Waals surface area contributed by atoms with Crippen LogP contribution < -0.4 is 5.32 Å². The van der Waals surface area contributed by atoms with Crippen molar-refractivity contribution in [2.45, 2.75) is 32.4 Å². The molecule has 0 radical (unpaired) electrons. The molecule has 152 valence electrons. The number of carbonyl (C=O) groups excluding carboxylic acids is 2. The lowest BCUT2D eigenvalue weighted by Gasteiger charge is -2.16. The van der Waals surface area contributed by atoms with Gasteiger partial charge in [0.2, 0.25) is 0 Å². The molecule has 2 aromatic carbocycles. The molecule has 0 aliphatic carbocycles. The fourth-order valence-electron chi connectivity index (χ4n) is 4.22. The van der Waals surface area contributed by atoms with Gasteiger partial charge in [-0.15, -0.1) is 0 Å². The number of imide groups is 1. The normalized spacial score (nSPS) is 14.1. The van der Waals surface area contributed by atoms with Crippen LogP contribution in [0.15, 0.2) is 42.6 Å². The lowest BCUT2D eigenvalue weighted by molar-refractivity contribution is 0.0880. The standard InChI is InChI=1S/C23H23N3O3Si/c1-30(2,3)12-11-29-13-26-16-9-5-4-7-14(16)17-19-18(22(27)25-23(19)28)15-8-6-10-24-20(15)21(17)26/h4-10H,11-13H2,1-3H3,(H,25,27,28). The van der Waals surface area contributed by atoms with Crippen molar-refractivity contribution < 1.29 is 14.3 Å². The molecule has 0 atom stereocenters. The second kappa shape index (κ2) is 6.75. The van der Waals surface area contributed by atoms with E-state index < -0.39 is 8.07 Å². The Hall–Kier alpha value is -3.03. The summed E-state index contributed by atoms with van der Waals surface area (Å²) in [6.07, 6.45) is 1.72. The molecule has 2 aromatic heterocycles. The van der Waals surface area contributed by atoms with Crippen LogP contribution in [0, 0.1) is 0 Å². The third-order valence-corrected chi connectivity index (χ3v) is 7.37. The van der Waals surface area contributed by atoms with E-state index in [0.717, 1.165) is 27.8 Å². The second-order valence-corrected chi connectivity index (χ2v) is 14.6. The molecular weight excluding hydrogens is 394 g/mol. The average Bonchev–Trinajstić information content (AvgIpc) is 3.19. The Morgan fingerprint density at radius 1 is 1.00 bits per heavy atom. The Morgan fingerprint density at radius 3 is 2.53 bits per heavy atom. The Balaban J connectivity index is 1.80. The molecule has 4 aromatic rings. The zero-order valence-corrected chi connectivity index (χ0v) is 18.3. The van der Waals surface area contributed by atoms with Crippen LogP contribution >= 0.6 is 0 Å². The van der Waals surface area contributed by atoms with Crippen molar-refractivity contribution in [1.82, 2.24) is 14.9 Å². The summed E-state index contributed by atoms with van der Waals surface area (Å²) >= 11 is 0. The van der Waals surface area contributed by atoms with E-state index in [1.807, 2.05) is 30.3 Å². The number of hydrogen-bond donors (Lipinski definition) is 1. The fourth-order valence-corrected chi connectivity index (χ4v) is 4.97. The van der Waals surface area contributed by atoms with Crippen LogP contribution in [-0.2, 0) is 11.5 Å². The maximum absolute atomic E-state index is 12.8. The van der Waals surface area contributed by atoms with Gasteiger partial charge in [0.25, 0.3) is 11.8 Å². The van der Waals surface area contributed by atoms with Crippen molar-refractivity contribution in [2.24, 2.45) is 0 Å². The van der Waals surface area contributed by atoms with E-state index in [0.29, 0.717) is 35.4 Å². The number of carbonyl (C=O) groups is 2. The molecule has 0 unspecified atom stereocenters. The summed E-state index contributed by atoms with van der Waals surface area (Å²) in [7, 11) is -1.20. The number of hydrogen-bond acceptors (Lipinski definition) is 4. The van der Waals surface area contributed by atoms with E-state index in [4.69, 9.17) is 4.74 Å². The highest BCUT2D eigenvalue weighted by molar-refractivity contribution is 6.76. The highest BCUT2D eigenvalue weighted by Crippen LogP contribution is 2.40. The van der Waals surface area contributed by atoms with Crippen LogP contribution in [0.4, 0.5) is 0 Å².